The smallest absolute Gasteiger partial charge is 0.251 e. The van der Waals surface area contributed by atoms with Crippen molar-refractivity contribution >= 4 is 40.6 Å². The van der Waals surface area contributed by atoms with Crippen molar-refractivity contribution in [2.45, 2.75) is 6.92 Å². The average molecular weight is 323 g/mol. The first-order valence-corrected chi connectivity index (χ1v) is 7.57. The van der Waals surface area contributed by atoms with Crippen LogP contribution in [0.2, 0.25) is 5.02 Å². The van der Waals surface area contributed by atoms with E-state index in [1.165, 1.54) is 0 Å². The van der Waals surface area contributed by atoms with Crippen LogP contribution in [0.5, 0.6) is 0 Å². The molecule has 0 aliphatic rings. The number of pyridine rings is 1. The summed E-state index contributed by atoms with van der Waals surface area (Å²) in [5, 5.41) is 1.59. The second kappa shape index (κ2) is 6.23. The molecule has 0 bridgehead atoms. The SMILES string of the molecule is Cc1nc2ccccc2c(/C=C/c2ccc(Cl)cc2)c1C(N)=O. The van der Waals surface area contributed by atoms with E-state index in [0.29, 0.717) is 16.3 Å². The lowest BCUT2D eigenvalue weighted by Gasteiger charge is -2.10. The number of rotatable bonds is 3. The fourth-order valence-corrected chi connectivity index (χ4v) is 2.73. The second-order valence-electron chi connectivity index (χ2n) is 5.25. The van der Waals surface area contributed by atoms with Crippen LogP contribution in [0.15, 0.2) is 48.5 Å². The van der Waals surface area contributed by atoms with Gasteiger partial charge in [0, 0.05) is 10.4 Å². The molecule has 3 nitrogen and oxygen atoms in total. The Kier molecular flexibility index (Phi) is 4.13. The Balaban J connectivity index is 2.19. The third-order valence-corrected chi connectivity index (χ3v) is 3.92. The van der Waals surface area contributed by atoms with Gasteiger partial charge in [0.1, 0.15) is 0 Å². The number of hydrogen-bond donors (Lipinski definition) is 1. The van der Waals surface area contributed by atoms with Crippen LogP contribution < -0.4 is 5.73 Å². The molecule has 3 aromatic rings. The molecule has 3 rings (SSSR count). The Morgan fingerprint density at radius 3 is 2.48 bits per heavy atom. The van der Waals surface area contributed by atoms with Crippen molar-refractivity contribution in [1.29, 1.82) is 0 Å². The van der Waals surface area contributed by atoms with Gasteiger partial charge in [-0.2, -0.15) is 0 Å². The number of nitrogens with zero attached hydrogens (tertiary/aromatic N) is 1. The summed E-state index contributed by atoms with van der Waals surface area (Å²) in [6.07, 6.45) is 3.84. The first-order valence-electron chi connectivity index (χ1n) is 7.19. The fraction of sp³-hybridized carbons (Fsp3) is 0.0526. The quantitative estimate of drug-likeness (QED) is 0.773. The Morgan fingerprint density at radius 2 is 1.78 bits per heavy atom. The molecular weight excluding hydrogens is 308 g/mol. The molecule has 0 saturated heterocycles. The molecular formula is C19H15ClN2O. The fourth-order valence-electron chi connectivity index (χ4n) is 2.60. The van der Waals surface area contributed by atoms with Gasteiger partial charge in [0.2, 0.25) is 0 Å². The number of halogens is 1. The molecule has 0 atom stereocenters. The highest BCUT2D eigenvalue weighted by molar-refractivity contribution is 6.30. The summed E-state index contributed by atoms with van der Waals surface area (Å²) in [5.41, 5.74) is 9.26. The zero-order chi connectivity index (χ0) is 16.4. The molecule has 0 saturated carbocycles. The number of aromatic nitrogens is 1. The Labute approximate surface area is 139 Å². The summed E-state index contributed by atoms with van der Waals surface area (Å²) in [6.45, 7) is 1.80. The number of hydrogen-bond acceptors (Lipinski definition) is 2. The van der Waals surface area contributed by atoms with Gasteiger partial charge in [-0.25, -0.2) is 0 Å². The van der Waals surface area contributed by atoms with E-state index >= 15 is 0 Å². The number of para-hydroxylation sites is 1. The molecule has 4 heteroatoms. The first kappa shape index (κ1) is 15.3. The van der Waals surface area contributed by atoms with Crippen LogP contribution in [0.1, 0.15) is 27.2 Å². The van der Waals surface area contributed by atoms with E-state index in [1.807, 2.05) is 60.7 Å². The van der Waals surface area contributed by atoms with Crippen LogP contribution in [-0.2, 0) is 0 Å². The Bertz CT molecular complexity index is 915. The molecule has 2 aromatic carbocycles. The minimum Gasteiger partial charge on any atom is -0.366 e. The molecule has 0 fully saturated rings. The third-order valence-electron chi connectivity index (χ3n) is 3.67. The monoisotopic (exact) mass is 322 g/mol. The summed E-state index contributed by atoms with van der Waals surface area (Å²) in [6, 6.07) is 15.2. The predicted molar refractivity (Wildman–Crippen MR) is 95.4 cm³/mol. The number of carbonyl (C=O) groups excluding carboxylic acids is 1. The first-order chi connectivity index (χ1) is 11.1. The summed E-state index contributed by atoms with van der Waals surface area (Å²) < 4.78 is 0. The van der Waals surface area contributed by atoms with Crippen LogP contribution in [0.25, 0.3) is 23.1 Å². The summed E-state index contributed by atoms with van der Waals surface area (Å²) in [7, 11) is 0. The molecule has 0 unspecified atom stereocenters. The van der Waals surface area contributed by atoms with Gasteiger partial charge in [0.15, 0.2) is 0 Å². The maximum Gasteiger partial charge on any atom is 0.251 e. The van der Waals surface area contributed by atoms with E-state index in [-0.39, 0.29) is 0 Å². The highest BCUT2D eigenvalue weighted by atomic mass is 35.5. The van der Waals surface area contributed by atoms with Crippen LogP contribution in [-0.4, -0.2) is 10.9 Å². The third kappa shape index (κ3) is 3.10. The van der Waals surface area contributed by atoms with E-state index in [1.54, 1.807) is 6.92 Å². The molecule has 1 aromatic heterocycles. The van der Waals surface area contributed by atoms with Crippen molar-refractivity contribution in [3.8, 4) is 0 Å². The number of primary amides is 1. The normalized spacial score (nSPS) is 11.2. The van der Waals surface area contributed by atoms with Crippen molar-refractivity contribution in [1.82, 2.24) is 4.98 Å². The van der Waals surface area contributed by atoms with Crippen molar-refractivity contribution in [2.24, 2.45) is 5.73 Å². The summed E-state index contributed by atoms with van der Waals surface area (Å²) >= 11 is 5.90. The van der Waals surface area contributed by atoms with E-state index in [0.717, 1.165) is 22.0 Å². The van der Waals surface area contributed by atoms with Gasteiger partial charge >= 0.3 is 0 Å². The van der Waals surface area contributed by atoms with Gasteiger partial charge in [-0.1, -0.05) is 54.1 Å². The van der Waals surface area contributed by atoms with Crippen LogP contribution in [0, 0.1) is 6.92 Å². The number of fused-ring (bicyclic) bond motifs is 1. The largest absolute Gasteiger partial charge is 0.366 e. The Hall–Kier alpha value is -2.65. The number of aryl methyl sites for hydroxylation is 1. The van der Waals surface area contributed by atoms with Gasteiger partial charge in [-0.3, -0.25) is 9.78 Å². The van der Waals surface area contributed by atoms with Crippen LogP contribution in [0.4, 0.5) is 0 Å². The van der Waals surface area contributed by atoms with Gasteiger partial charge < -0.3 is 5.73 Å². The van der Waals surface area contributed by atoms with Crippen molar-refractivity contribution in [3.63, 3.8) is 0 Å². The van der Waals surface area contributed by atoms with Gasteiger partial charge in [-0.05, 0) is 36.2 Å². The highest BCUT2D eigenvalue weighted by Gasteiger charge is 2.14. The minimum atomic E-state index is -0.475. The molecule has 0 aliphatic heterocycles. The molecule has 1 amide bonds. The van der Waals surface area contributed by atoms with Crippen molar-refractivity contribution in [2.75, 3.05) is 0 Å². The number of amides is 1. The van der Waals surface area contributed by atoms with Gasteiger partial charge in [0.05, 0.1) is 16.8 Å². The highest BCUT2D eigenvalue weighted by Crippen LogP contribution is 2.25. The number of carbonyl (C=O) groups is 1. The number of benzene rings is 2. The molecule has 114 valence electrons. The standard InChI is InChI=1S/C19H15ClN2O/c1-12-18(19(21)23)16(15-4-2-3-5-17(15)22-12)11-8-13-6-9-14(20)10-7-13/h2-11H,1H3,(H2,21,23)/b11-8+. The molecule has 0 radical (unpaired) electrons. The maximum atomic E-state index is 11.9. The lowest BCUT2D eigenvalue weighted by Crippen LogP contribution is -2.15. The molecule has 1 heterocycles. The average Bonchev–Trinajstić information content (AvgIpc) is 2.53. The van der Waals surface area contributed by atoms with Gasteiger partial charge in [-0.15, -0.1) is 0 Å². The van der Waals surface area contributed by atoms with Crippen molar-refractivity contribution < 1.29 is 4.79 Å². The van der Waals surface area contributed by atoms with Crippen molar-refractivity contribution in [3.05, 3.63) is 75.9 Å². The zero-order valence-electron chi connectivity index (χ0n) is 12.6. The van der Waals surface area contributed by atoms with Crippen LogP contribution >= 0.6 is 11.6 Å². The summed E-state index contributed by atoms with van der Waals surface area (Å²) in [5.74, 6) is -0.475. The topological polar surface area (TPSA) is 56.0 Å². The maximum absolute atomic E-state index is 11.9. The zero-order valence-corrected chi connectivity index (χ0v) is 13.3. The molecule has 23 heavy (non-hydrogen) atoms. The Morgan fingerprint density at radius 1 is 1.09 bits per heavy atom. The van der Waals surface area contributed by atoms with E-state index < -0.39 is 5.91 Å². The summed E-state index contributed by atoms with van der Waals surface area (Å²) in [4.78, 5) is 16.3. The van der Waals surface area contributed by atoms with E-state index in [2.05, 4.69) is 4.98 Å². The van der Waals surface area contributed by atoms with E-state index in [9.17, 15) is 4.79 Å². The van der Waals surface area contributed by atoms with Crippen LogP contribution in [0.3, 0.4) is 0 Å². The lowest BCUT2D eigenvalue weighted by atomic mass is 9.99. The molecule has 0 aliphatic carbocycles. The second-order valence-corrected chi connectivity index (χ2v) is 5.69. The molecule has 0 spiro atoms. The van der Waals surface area contributed by atoms with E-state index in [4.69, 9.17) is 17.3 Å². The predicted octanol–water partition coefficient (Wildman–Crippen LogP) is 4.47. The lowest BCUT2D eigenvalue weighted by molar-refractivity contribution is 0.0999. The molecule has 2 N–H and O–H groups in total. The number of nitrogens with two attached hydrogens (primary N) is 1. The minimum absolute atomic E-state index is 0.453. The van der Waals surface area contributed by atoms with Gasteiger partial charge in [0.25, 0.3) is 5.91 Å².